The SMILES string of the molecule is CCOC(=O)[C@H](C)NC1CCCC/C1=N/Nc1ccc([N+](=O)[O-])cc1. The molecule has 1 aliphatic carbocycles. The molecule has 0 radical (unpaired) electrons. The zero-order valence-electron chi connectivity index (χ0n) is 14.5. The first-order valence-corrected chi connectivity index (χ1v) is 8.51. The van der Waals surface area contributed by atoms with Crippen molar-refractivity contribution in [2.75, 3.05) is 12.0 Å². The van der Waals surface area contributed by atoms with Crippen LogP contribution in [0.2, 0.25) is 0 Å². The molecule has 2 N–H and O–H groups in total. The lowest BCUT2D eigenvalue weighted by Crippen LogP contribution is -2.47. The van der Waals surface area contributed by atoms with Gasteiger partial charge in [-0.2, -0.15) is 5.10 Å². The second-order valence-electron chi connectivity index (χ2n) is 5.96. The van der Waals surface area contributed by atoms with Gasteiger partial charge >= 0.3 is 5.97 Å². The van der Waals surface area contributed by atoms with E-state index in [1.54, 1.807) is 26.0 Å². The third-order valence-electron chi connectivity index (χ3n) is 4.08. The maximum Gasteiger partial charge on any atom is 0.322 e. The van der Waals surface area contributed by atoms with Gasteiger partial charge < -0.3 is 4.74 Å². The number of nitrogens with one attached hydrogen (secondary N) is 2. The molecular formula is C17H24N4O4. The maximum absolute atomic E-state index is 11.8. The van der Waals surface area contributed by atoms with Crippen LogP contribution in [0.3, 0.4) is 0 Å². The van der Waals surface area contributed by atoms with Gasteiger partial charge in [0.15, 0.2) is 0 Å². The van der Waals surface area contributed by atoms with Crippen molar-refractivity contribution in [3.05, 3.63) is 34.4 Å². The number of ether oxygens (including phenoxy) is 1. The van der Waals surface area contributed by atoms with E-state index in [2.05, 4.69) is 15.8 Å². The Hall–Kier alpha value is -2.48. The fraction of sp³-hybridized carbons (Fsp3) is 0.529. The van der Waals surface area contributed by atoms with Crippen molar-refractivity contribution in [1.29, 1.82) is 0 Å². The molecule has 0 aliphatic heterocycles. The van der Waals surface area contributed by atoms with Crippen LogP contribution in [-0.2, 0) is 9.53 Å². The molecule has 0 aromatic heterocycles. The van der Waals surface area contributed by atoms with Crippen LogP contribution in [0.4, 0.5) is 11.4 Å². The number of nitro groups is 1. The number of nitrogens with zero attached hydrogens (tertiary/aromatic N) is 2. The molecule has 0 saturated heterocycles. The van der Waals surface area contributed by atoms with E-state index in [0.717, 1.165) is 31.4 Å². The van der Waals surface area contributed by atoms with Crippen LogP contribution in [-0.4, -0.2) is 35.3 Å². The van der Waals surface area contributed by atoms with Crippen molar-refractivity contribution in [3.8, 4) is 0 Å². The molecule has 8 nitrogen and oxygen atoms in total. The minimum atomic E-state index is -0.437. The second kappa shape index (κ2) is 9.12. The Morgan fingerprint density at radius 2 is 2.12 bits per heavy atom. The van der Waals surface area contributed by atoms with E-state index >= 15 is 0 Å². The molecule has 1 unspecified atom stereocenters. The zero-order valence-corrected chi connectivity index (χ0v) is 14.5. The maximum atomic E-state index is 11.8. The monoisotopic (exact) mass is 348 g/mol. The lowest BCUT2D eigenvalue weighted by molar-refractivity contribution is -0.384. The fourth-order valence-electron chi connectivity index (χ4n) is 2.74. The highest BCUT2D eigenvalue weighted by atomic mass is 16.6. The van der Waals surface area contributed by atoms with E-state index in [9.17, 15) is 14.9 Å². The number of carbonyl (C=O) groups excluding carboxylic acids is 1. The molecule has 2 atom stereocenters. The number of carbonyl (C=O) groups is 1. The van der Waals surface area contributed by atoms with E-state index in [1.165, 1.54) is 12.1 Å². The molecule has 0 amide bonds. The van der Waals surface area contributed by atoms with E-state index in [-0.39, 0.29) is 17.7 Å². The minimum Gasteiger partial charge on any atom is -0.465 e. The van der Waals surface area contributed by atoms with Gasteiger partial charge in [-0.1, -0.05) is 6.42 Å². The molecule has 136 valence electrons. The Kier molecular flexibility index (Phi) is 6.88. The van der Waals surface area contributed by atoms with Gasteiger partial charge in [0.1, 0.15) is 6.04 Å². The molecule has 8 heteroatoms. The fourth-order valence-corrected chi connectivity index (χ4v) is 2.74. The average Bonchev–Trinajstić information content (AvgIpc) is 2.61. The summed E-state index contributed by atoms with van der Waals surface area (Å²) < 4.78 is 5.03. The number of rotatable bonds is 7. The summed E-state index contributed by atoms with van der Waals surface area (Å²) in [5, 5.41) is 18.4. The molecule has 2 rings (SSSR count). The lowest BCUT2D eigenvalue weighted by Gasteiger charge is -2.27. The topological polar surface area (TPSA) is 106 Å². The molecule has 25 heavy (non-hydrogen) atoms. The Morgan fingerprint density at radius 1 is 1.40 bits per heavy atom. The molecule has 0 bridgehead atoms. The van der Waals surface area contributed by atoms with E-state index in [0.29, 0.717) is 12.3 Å². The third kappa shape index (κ3) is 5.53. The normalized spacial score (nSPS) is 20.1. The molecule has 1 aliphatic rings. The number of hydrogen-bond donors (Lipinski definition) is 2. The van der Waals surface area contributed by atoms with Crippen molar-refractivity contribution in [1.82, 2.24) is 5.32 Å². The summed E-state index contributed by atoms with van der Waals surface area (Å²) in [7, 11) is 0. The van der Waals surface area contributed by atoms with Gasteiger partial charge in [0.2, 0.25) is 0 Å². The van der Waals surface area contributed by atoms with Crippen LogP contribution >= 0.6 is 0 Å². The highest BCUT2D eigenvalue weighted by Gasteiger charge is 2.25. The van der Waals surface area contributed by atoms with Gasteiger partial charge in [-0.05, 0) is 45.2 Å². The van der Waals surface area contributed by atoms with Crippen molar-refractivity contribution >= 4 is 23.1 Å². The van der Waals surface area contributed by atoms with Gasteiger partial charge in [0.25, 0.3) is 5.69 Å². The van der Waals surface area contributed by atoms with Crippen molar-refractivity contribution in [3.63, 3.8) is 0 Å². The Balaban J connectivity index is 2.00. The van der Waals surface area contributed by atoms with Crippen LogP contribution < -0.4 is 10.7 Å². The first-order chi connectivity index (χ1) is 12.0. The zero-order chi connectivity index (χ0) is 18.2. The molecule has 0 heterocycles. The molecule has 1 aromatic carbocycles. The summed E-state index contributed by atoms with van der Waals surface area (Å²) in [6.45, 7) is 3.93. The first kappa shape index (κ1) is 18.9. The molecular weight excluding hydrogens is 324 g/mol. The summed E-state index contributed by atoms with van der Waals surface area (Å²) in [5.74, 6) is -0.268. The van der Waals surface area contributed by atoms with E-state index < -0.39 is 11.0 Å². The van der Waals surface area contributed by atoms with Gasteiger partial charge in [-0.3, -0.25) is 25.7 Å². The second-order valence-corrected chi connectivity index (χ2v) is 5.96. The summed E-state index contributed by atoms with van der Waals surface area (Å²) >= 11 is 0. The molecule has 1 aromatic rings. The van der Waals surface area contributed by atoms with Gasteiger partial charge in [0.05, 0.1) is 22.9 Å². The van der Waals surface area contributed by atoms with Crippen molar-refractivity contribution < 1.29 is 14.5 Å². The first-order valence-electron chi connectivity index (χ1n) is 8.51. The van der Waals surface area contributed by atoms with Crippen LogP contribution in [0.25, 0.3) is 0 Å². The van der Waals surface area contributed by atoms with E-state index in [1.807, 2.05) is 0 Å². The molecule has 0 spiro atoms. The highest BCUT2D eigenvalue weighted by Crippen LogP contribution is 2.19. The van der Waals surface area contributed by atoms with E-state index in [4.69, 9.17) is 4.74 Å². The Bertz CT molecular complexity index is 630. The van der Waals surface area contributed by atoms with Crippen LogP contribution in [0, 0.1) is 10.1 Å². The van der Waals surface area contributed by atoms with Crippen LogP contribution in [0.15, 0.2) is 29.4 Å². The van der Waals surface area contributed by atoms with Gasteiger partial charge in [-0.25, -0.2) is 0 Å². The Morgan fingerprint density at radius 3 is 2.76 bits per heavy atom. The van der Waals surface area contributed by atoms with Crippen LogP contribution in [0.5, 0.6) is 0 Å². The number of esters is 1. The quantitative estimate of drug-likeness (QED) is 0.446. The summed E-state index contributed by atoms with van der Waals surface area (Å²) in [6.07, 6.45) is 3.87. The highest BCUT2D eigenvalue weighted by molar-refractivity contribution is 5.91. The standard InChI is InChI=1S/C17H24N4O4/c1-3-25-17(22)12(2)18-15-6-4-5-7-16(15)20-19-13-8-10-14(11-9-13)21(23)24/h8-12,15,18-19H,3-7H2,1-2H3/b20-16-/t12-,15?/m0/s1. The number of benzene rings is 1. The number of anilines is 1. The largest absolute Gasteiger partial charge is 0.465 e. The smallest absolute Gasteiger partial charge is 0.322 e. The van der Waals surface area contributed by atoms with Gasteiger partial charge in [0, 0.05) is 18.2 Å². The molecule has 1 saturated carbocycles. The summed E-state index contributed by atoms with van der Waals surface area (Å²) in [4.78, 5) is 22.0. The predicted octanol–water partition coefficient (Wildman–Crippen LogP) is 2.85. The lowest BCUT2D eigenvalue weighted by atomic mass is 9.93. The predicted molar refractivity (Wildman–Crippen MR) is 95.6 cm³/mol. The number of hydrogen-bond acceptors (Lipinski definition) is 7. The minimum absolute atomic E-state index is 0.0127. The average molecular weight is 348 g/mol. The van der Waals surface area contributed by atoms with Crippen molar-refractivity contribution in [2.24, 2.45) is 5.10 Å². The Labute approximate surface area is 146 Å². The summed E-state index contributed by atoms with van der Waals surface area (Å²) in [5.41, 5.74) is 4.61. The third-order valence-corrected chi connectivity index (χ3v) is 4.08. The van der Waals surface area contributed by atoms with Gasteiger partial charge in [-0.15, -0.1) is 0 Å². The molecule has 1 fully saturated rings. The van der Waals surface area contributed by atoms with Crippen LogP contribution in [0.1, 0.15) is 39.5 Å². The van der Waals surface area contributed by atoms with Crippen molar-refractivity contribution in [2.45, 2.75) is 51.6 Å². The number of nitro benzene ring substituents is 1. The number of non-ortho nitro benzene ring substituents is 1. The number of hydrazone groups is 1. The summed E-state index contributed by atoms with van der Waals surface area (Å²) in [6, 6.07) is 5.72.